The zero-order valence-corrected chi connectivity index (χ0v) is 9.96. The number of rotatable bonds is 2. The molecular formula is C11H8Cl2N2O. The molecule has 0 aliphatic rings. The van der Waals surface area contributed by atoms with Gasteiger partial charge in [-0.1, -0.05) is 35.3 Å². The highest BCUT2D eigenvalue weighted by Gasteiger charge is 2.08. The van der Waals surface area contributed by atoms with Crippen molar-refractivity contribution in [1.82, 2.24) is 9.97 Å². The Labute approximate surface area is 103 Å². The summed E-state index contributed by atoms with van der Waals surface area (Å²) in [6, 6.07) is 5.36. The highest BCUT2D eigenvalue weighted by Crippen LogP contribution is 2.32. The van der Waals surface area contributed by atoms with Gasteiger partial charge in [-0.25, -0.2) is 4.98 Å². The molecule has 0 bridgehead atoms. The minimum atomic E-state index is 0.438. The number of hydrogen-bond donors (Lipinski definition) is 0. The van der Waals surface area contributed by atoms with E-state index in [0.29, 0.717) is 21.6 Å². The van der Waals surface area contributed by atoms with E-state index in [4.69, 9.17) is 27.9 Å². The van der Waals surface area contributed by atoms with Crippen LogP contribution in [0.15, 0.2) is 30.6 Å². The molecule has 0 aliphatic carbocycles. The summed E-state index contributed by atoms with van der Waals surface area (Å²) < 4.78 is 5.00. The lowest BCUT2D eigenvalue weighted by molar-refractivity contribution is 0.396. The summed E-state index contributed by atoms with van der Waals surface area (Å²) >= 11 is 12.0. The average Bonchev–Trinajstić information content (AvgIpc) is 2.33. The molecule has 1 heterocycles. The van der Waals surface area contributed by atoms with E-state index in [1.807, 2.05) is 12.1 Å². The minimum absolute atomic E-state index is 0.438. The van der Waals surface area contributed by atoms with Crippen LogP contribution < -0.4 is 4.74 Å². The summed E-state index contributed by atoms with van der Waals surface area (Å²) in [7, 11) is 1.54. The van der Waals surface area contributed by atoms with E-state index in [1.54, 1.807) is 12.3 Å². The first-order chi connectivity index (χ1) is 7.72. The Morgan fingerprint density at radius 1 is 1.19 bits per heavy atom. The standard InChI is InChI=1S/C11H8Cl2N2O/c1-16-10-6-14-5-9(15-10)7-3-2-4-8(12)11(7)13/h2-6H,1H3. The number of ether oxygens (including phenoxy) is 1. The molecule has 1 aromatic heterocycles. The van der Waals surface area contributed by atoms with Gasteiger partial charge in [0.25, 0.3) is 0 Å². The summed E-state index contributed by atoms with van der Waals surface area (Å²) in [5, 5.41) is 0.954. The van der Waals surface area contributed by atoms with Gasteiger partial charge in [0.05, 0.1) is 35.2 Å². The van der Waals surface area contributed by atoms with Gasteiger partial charge >= 0.3 is 0 Å². The van der Waals surface area contributed by atoms with Gasteiger partial charge in [-0.05, 0) is 6.07 Å². The Morgan fingerprint density at radius 2 is 2.00 bits per heavy atom. The van der Waals surface area contributed by atoms with E-state index in [1.165, 1.54) is 13.3 Å². The lowest BCUT2D eigenvalue weighted by Gasteiger charge is -2.05. The number of nitrogens with zero attached hydrogens (tertiary/aromatic N) is 2. The lowest BCUT2D eigenvalue weighted by Crippen LogP contribution is -1.92. The van der Waals surface area contributed by atoms with Gasteiger partial charge in [-0.15, -0.1) is 0 Å². The fourth-order valence-electron chi connectivity index (χ4n) is 1.28. The maximum Gasteiger partial charge on any atom is 0.232 e. The predicted molar refractivity (Wildman–Crippen MR) is 64.0 cm³/mol. The first-order valence-electron chi connectivity index (χ1n) is 4.53. The average molecular weight is 255 g/mol. The third-order valence-corrected chi connectivity index (χ3v) is 2.87. The number of halogens is 2. The van der Waals surface area contributed by atoms with Gasteiger partial charge in [-0.3, -0.25) is 4.98 Å². The van der Waals surface area contributed by atoms with Crippen molar-refractivity contribution in [2.45, 2.75) is 0 Å². The Bertz CT molecular complexity index is 517. The largest absolute Gasteiger partial charge is 0.480 e. The summed E-state index contributed by atoms with van der Waals surface area (Å²) in [6.45, 7) is 0. The quantitative estimate of drug-likeness (QED) is 0.824. The monoisotopic (exact) mass is 254 g/mol. The molecule has 82 valence electrons. The van der Waals surface area contributed by atoms with Gasteiger partial charge in [0.15, 0.2) is 0 Å². The van der Waals surface area contributed by atoms with Crippen molar-refractivity contribution in [2.75, 3.05) is 7.11 Å². The first kappa shape index (κ1) is 11.2. The fraction of sp³-hybridized carbons (Fsp3) is 0.0909. The maximum absolute atomic E-state index is 6.08. The van der Waals surface area contributed by atoms with Crippen LogP contribution in [-0.4, -0.2) is 17.1 Å². The number of benzene rings is 1. The van der Waals surface area contributed by atoms with Crippen molar-refractivity contribution in [1.29, 1.82) is 0 Å². The van der Waals surface area contributed by atoms with E-state index >= 15 is 0 Å². The second-order valence-corrected chi connectivity index (χ2v) is 3.83. The van der Waals surface area contributed by atoms with Gasteiger partial charge in [-0.2, -0.15) is 0 Å². The molecule has 0 saturated carbocycles. The topological polar surface area (TPSA) is 35.0 Å². The molecule has 0 N–H and O–H groups in total. The van der Waals surface area contributed by atoms with Crippen molar-refractivity contribution >= 4 is 23.2 Å². The van der Waals surface area contributed by atoms with E-state index in [0.717, 1.165) is 5.56 Å². The van der Waals surface area contributed by atoms with Crippen LogP contribution in [0.5, 0.6) is 5.88 Å². The molecule has 0 spiro atoms. The lowest BCUT2D eigenvalue weighted by atomic mass is 10.1. The van der Waals surface area contributed by atoms with E-state index in [-0.39, 0.29) is 0 Å². The van der Waals surface area contributed by atoms with E-state index in [2.05, 4.69) is 9.97 Å². The molecule has 0 atom stereocenters. The molecule has 0 saturated heterocycles. The molecule has 1 aromatic carbocycles. The molecule has 16 heavy (non-hydrogen) atoms. The van der Waals surface area contributed by atoms with Crippen molar-refractivity contribution in [2.24, 2.45) is 0 Å². The zero-order valence-electron chi connectivity index (χ0n) is 8.45. The second kappa shape index (κ2) is 4.68. The molecule has 0 unspecified atom stereocenters. The minimum Gasteiger partial charge on any atom is -0.480 e. The number of hydrogen-bond acceptors (Lipinski definition) is 3. The Kier molecular flexibility index (Phi) is 3.27. The molecule has 0 amide bonds. The highest BCUT2D eigenvalue weighted by atomic mass is 35.5. The Hall–Kier alpha value is -1.32. The highest BCUT2D eigenvalue weighted by molar-refractivity contribution is 6.43. The Morgan fingerprint density at radius 3 is 2.75 bits per heavy atom. The summed E-state index contributed by atoms with van der Waals surface area (Å²) in [4.78, 5) is 8.25. The van der Waals surface area contributed by atoms with Crippen LogP contribution in [0.3, 0.4) is 0 Å². The fourth-order valence-corrected chi connectivity index (χ4v) is 1.68. The van der Waals surface area contributed by atoms with Crippen LogP contribution >= 0.6 is 23.2 Å². The van der Waals surface area contributed by atoms with Gasteiger partial charge in [0.1, 0.15) is 0 Å². The summed E-state index contributed by atoms with van der Waals surface area (Å²) in [5.74, 6) is 0.438. The van der Waals surface area contributed by atoms with E-state index < -0.39 is 0 Å². The third-order valence-electron chi connectivity index (χ3n) is 2.05. The SMILES string of the molecule is COc1cncc(-c2cccc(Cl)c2Cl)n1. The number of methoxy groups -OCH3 is 1. The Balaban J connectivity index is 2.54. The summed E-state index contributed by atoms with van der Waals surface area (Å²) in [6.07, 6.45) is 3.14. The molecule has 0 aliphatic heterocycles. The van der Waals surface area contributed by atoms with Crippen molar-refractivity contribution in [3.05, 3.63) is 40.6 Å². The van der Waals surface area contributed by atoms with Crippen LogP contribution in [0.2, 0.25) is 10.0 Å². The molecule has 0 radical (unpaired) electrons. The first-order valence-corrected chi connectivity index (χ1v) is 5.28. The summed E-state index contributed by atoms with van der Waals surface area (Å²) in [5.41, 5.74) is 1.37. The van der Waals surface area contributed by atoms with Gasteiger partial charge < -0.3 is 4.74 Å². The molecule has 5 heteroatoms. The molecule has 3 nitrogen and oxygen atoms in total. The number of aromatic nitrogens is 2. The molecule has 2 rings (SSSR count). The van der Waals surface area contributed by atoms with Crippen LogP contribution in [0, 0.1) is 0 Å². The van der Waals surface area contributed by atoms with Crippen LogP contribution in [0.1, 0.15) is 0 Å². The molecule has 0 fully saturated rings. The maximum atomic E-state index is 6.08. The normalized spacial score (nSPS) is 10.2. The van der Waals surface area contributed by atoms with Crippen molar-refractivity contribution < 1.29 is 4.74 Å². The molecule has 2 aromatic rings. The van der Waals surface area contributed by atoms with Gasteiger partial charge in [0.2, 0.25) is 5.88 Å². The predicted octanol–water partition coefficient (Wildman–Crippen LogP) is 3.46. The van der Waals surface area contributed by atoms with Crippen LogP contribution in [0.4, 0.5) is 0 Å². The zero-order chi connectivity index (χ0) is 11.5. The van der Waals surface area contributed by atoms with Crippen molar-refractivity contribution in [3.8, 4) is 17.1 Å². The molecular weight excluding hydrogens is 247 g/mol. The third kappa shape index (κ3) is 2.10. The second-order valence-electron chi connectivity index (χ2n) is 3.05. The van der Waals surface area contributed by atoms with Gasteiger partial charge in [0, 0.05) is 5.56 Å². The van der Waals surface area contributed by atoms with Crippen LogP contribution in [0.25, 0.3) is 11.3 Å². The van der Waals surface area contributed by atoms with E-state index in [9.17, 15) is 0 Å². The smallest absolute Gasteiger partial charge is 0.232 e. The van der Waals surface area contributed by atoms with Crippen LogP contribution in [-0.2, 0) is 0 Å². The van der Waals surface area contributed by atoms with Crippen molar-refractivity contribution in [3.63, 3.8) is 0 Å².